The van der Waals surface area contributed by atoms with Crippen LogP contribution in [0.5, 0.6) is 0 Å². The van der Waals surface area contributed by atoms with Crippen molar-refractivity contribution >= 4 is 5.91 Å². The van der Waals surface area contributed by atoms with Crippen molar-refractivity contribution in [2.75, 3.05) is 6.54 Å². The van der Waals surface area contributed by atoms with Crippen molar-refractivity contribution in [3.63, 3.8) is 0 Å². The van der Waals surface area contributed by atoms with Gasteiger partial charge in [-0.05, 0) is 36.4 Å². The predicted octanol–water partition coefficient (Wildman–Crippen LogP) is 2.44. The van der Waals surface area contributed by atoms with E-state index in [1.807, 2.05) is 41.1 Å². The molecule has 3 aromatic rings. The Hall–Kier alpha value is -2.82. The number of hydrogen-bond acceptors (Lipinski definition) is 3. The molecule has 106 valence electrons. The number of carbonyl (C=O) groups is 1. The molecule has 0 bridgehead atoms. The molecule has 0 spiro atoms. The summed E-state index contributed by atoms with van der Waals surface area (Å²) in [6.07, 6.45) is 7.57. The minimum absolute atomic E-state index is 0.115. The van der Waals surface area contributed by atoms with Crippen LogP contribution in [0.1, 0.15) is 16.2 Å². The van der Waals surface area contributed by atoms with Crippen molar-refractivity contribution in [2.45, 2.75) is 6.42 Å². The molecule has 1 amide bonds. The van der Waals surface area contributed by atoms with Gasteiger partial charge in [0.2, 0.25) is 0 Å². The van der Waals surface area contributed by atoms with Gasteiger partial charge in [0.05, 0.1) is 18.1 Å². The summed E-state index contributed by atoms with van der Waals surface area (Å²) in [5.74, 6) is 0.744. The molecule has 3 aromatic heterocycles. The maximum Gasteiger partial charge on any atom is 0.268 e. The lowest BCUT2D eigenvalue weighted by Crippen LogP contribution is -2.27. The quantitative estimate of drug-likeness (QED) is 0.781. The smallest absolute Gasteiger partial charge is 0.268 e. The Balaban J connectivity index is 1.67. The molecule has 3 heterocycles. The molecule has 0 aliphatic heterocycles. The van der Waals surface area contributed by atoms with Crippen LogP contribution in [-0.4, -0.2) is 22.0 Å². The number of hydrogen-bond donors (Lipinski definition) is 1. The van der Waals surface area contributed by atoms with Gasteiger partial charge in [0, 0.05) is 25.4 Å². The Morgan fingerprint density at radius 2 is 2.19 bits per heavy atom. The summed E-state index contributed by atoms with van der Waals surface area (Å²) in [5, 5.41) is 2.89. The van der Waals surface area contributed by atoms with E-state index in [1.165, 1.54) is 0 Å². The molecular formula is C16H15N3O2. The van der Waals surface area contributed by atoms with Gasteiger partial charge in [0.1, 0.15) is 11.5 Å². The third-order valence-corrected chi connectivity index (χ3v) is 3.14. The normalized spacial score (nSPS) is 10.5. The first-order valence-electron chi connectivity index (χ1n) is 6.73. The number of pyridine rings is 1. The molecule has 0 radical (unpaired) electrons. The van der Waals surface area contributed by atoms with E-state index < -0.39 is 0 Å². The van der Waals surface area contributed by atoms with Crippen LogP contribution in [0, 0.1) is 0 Å². The molecule has 0 fully saturated rings. The molecular weight excluding hydrogens is 266 g/mol. The zero-order valence-corrected chi connectivity index (χ0v) is 11.4. The lowest BCUT2D eigenvalue weighted by Gasteiger charge is -2.09. The van der Waals surface area contributed by atoms with E-state index >= 15 is 0 Å². The molecule has 5 nitrogen and oxygen atoms in total. The average Bonchev–Trinajstić information content (AvgIpc) is 3.19. The highest BCUT2D eigenvalue weighted by Crippen LogP contribution is 2.11. The molecule has 21 heavy (non-hydrogen) atoms. The number of aromatic nitrogens is 2. The molecule has 0 atom stereocenters. The fourth-order valence-electron chi connectivity index (χ4n) is 2.13. The van der Waals surface area contributed by atoms with Gasteiger partial charge >= 0.3 is 0 Å². The van der Waals surface area contributed by atoms with E-state index in [4.69, 9.17) is 4.42 Å². The van der Waals surface area contributed by atoms with Gasteiger partial charge in [-0.25, -0.2) is 0 Å². The summed E-state index contributed by atoms with van der Waals surface area (Å²) in [7, 11) is 0. The third kappa shape index (κ3) is 3.02. The van der Waals surface area contributed by atoms with Gasteiger partial charge in [0.15, 0.2) is 0 Å². The topological polar surface area (TPSA) is 60.1 Å². The minimum Gasteiger partial charge on any atom is -0.469 e. The first kappa shape index (κ1) is 13.2. The van der Waals surface area contributed by atoms with Crippen molar-refractivity contribution in [1.29, 1.82) is 0 Å². The van der Waals surface area contributed by atoms with E-state index in [1.54, 1.807) is 24.7 Å². The molecule has 0 saturated carbocycles. The zero-order valence-electron chi connectivity index (χ0n) is 11.4. The fourth-order valence-corrected chi connectivity index (χ4v) is 2.13. The molecule has 0 saturated heterocycles. The number of rotatable bonds is 5. The van der Waals surface area contributed by atoms with Gasteiger partial charge in [-0.2, -0.15) is 0 Å². The maximum absolute atomic E-state index is 12.2. The summed E-state index contributed by atoms with van der Waals surface area (Å²) in [6, 6.07) is 11.1. The molecule has 0 aliphatic rings. The number of furan rings is 1. The summed E-state index contributed by atoms with van der Waals surface area (Å²) in [5.41, 5.74) is 1.45. The van der Waals surface area contributed by atoms with Crippen molar-refractivity contribution < 1.29 is 9.21 Å². The van der Waals surface area contributed by atoms with Crippen molar-refractivity contribution in [3.05, 3.63) is 72.7 Å². The maximum atomic E-state index is 12.2. The zero-order chi connectivity index (χ0) is 14.5. The van der Waals surface area contributed by atoms with E-state index in [0.29, 0.717) is 18.7 Å². The van der Waals surface area contributed by atoms with E-state index in [2.05, 4.69) is 10.3 Å². The predicted molar refractivity (Wildman–Crippen MR) is 78.3 cm³/mol. The Morgan fingerprint density at radius 1 is 1.24 bits per heavy atom. The number of nitrogens with zero attached hydrogens (tertiary/aromatic N) is 2. The third-order valence-electron chi connectivity index (χ3n) is 3.14. The van der Waals surface area contributed by atoms with Crippen LogP contribution in [0.25, 0.3) is 5.69 Å². The van der Waals surface area contributed by atoms with E-state index in [9.17, 15) is 4.79 Å². The SMILES string of the molecule is O=C(NCCc1ccco1)c1cccn1-c1cccnc1. The molecule has 0 unspecified atom stereocenters. The summed E-state index contributed by atoms with van der Waals surface area (Å²) < 4.78 is 7.05. The monoisotopic (exact) mass is 281 g/mol. The summed E-state index contributed by atoms with van der Waals surface area (Å²) in [6.45, 7) is 0.532. The Bertz CT molecular complexity index is 702. The largest absolute Gasteiger partial charge is 0.469 e. The lowest BCUT2D eigenvalue weighted by atomic mass is 10.3. The fraction of sp³-hybridized carbons (Fsp3) is 0.125. The van der Waals surface area contributed by atoms with Gasteiger partial charge < -0.3 is 14.3 Å². The summed E-state index contributed by atoms with van der Waals surface area (Å²) in [4.78, 5) is 16.3. The summed E-state index contributed by atoms with van der Waals surface area (Å²) >= 11 is 0. The van der Waals surface area contributed by atoms with E-state index in [0.717, 1.165) is 11.4 Å². The van der Waals surface area contributed by atoms with Gasteiger partial charge in [-0.3, -0.25) is 9.78 Å². The second-order valence-electron chi connectivity index (χ2n) is 4.56. The van der Waals surface area contributed by atoms with Gasteiger partial charge in [-0.1, -0.05) is 0 Å². The molecule has 1 N–H and O–H groups in total. The number of amides is 1. The Morgan fingerprint density at radius 3 is 2.95 bits per heavy atom. The highest BCUT2D eigenvalue weighted by Gasteiger charge is 2.11. The Labute approximate surface area is 122 Å². The highest BCUT2D eigenvalue weighted by molar-refractivity contribution is 5.93. The van der Waals surface area contributed by atoms with Gasteiger partial charge in [0.25, 0.3) is 5.91 Å². The molecule has 0 aliphatic carbocycles. The molecule has 3 rings (SSSR count). The van der Waals surface area contributed by atoms with Crippen LogP contribution < -0.4 is 5.32 Å². The number of carbonyl (C=O) groups excluding carboxylic acids is 1. The Kier molecular flexibility index (Phi) is 3.82. The number of nitrogens with one attached hydrogen (secondary N) is 1. The van der Waals surface area contributed by atoms with Gasteiger partial charge in [-0.15, -0.1) is 0 Å². The van der Waals surface area contributed by atoms with Crippen molar-refractivity contribution in [1.82, 2.24) is 14.9 Å². The minimum atomic E-state index is -0.115. The van der Waals surface area contributed by atoms with Crippen LogP contribution in [0.3, 0.4) is 0 Å². The van der Waals surface area contributed by atoms with Crippen LogP contribution in [0.15, 0.2) is 65.7 Å². The first-order chi connectivity index (χ1) is 10.3. The second-order valence-corrected chi connectivity index (χ2v) is 4.56. The van der Waals surface area contributed by atoms with Crippen LogP contribution >= 0.6 is 0 Å². The van der Waals surface area contributed by atoms with Crippen LogP contribution in [-0.2, 0) is 6.42 Å². The van der Waals surface area contributed by atoms with Crippen molar-refractivity contribution in [2.24, 2.45) is 0 Å². The molecule has 5 heteroatoms. The second kappa shape index (κ2) is 6.09. The average molecular weight is 281 g/mol. The van der Waals surface area contributed by atoms with Crippen LogP contribution in [0.2, 0.25) is 0 Å². The van der Waals surface area contributed by atoms with Crippen molar-refractivity contribution in [3.8, 4) is 5.69 Å². The lowest BCUT2D eigenvalue weighted by molar-refractivity contribution is 0.0947. The molecule has 0 aromatic carbocycles. The van der Waals surface area contributed by atoms with Crippen LogP contribution in [0.4, 0.5) is 0 Å². The van der Waals surface area contributed by atoms with E-state index in [-0.39, 0.29) is 5.91 Å². The highest BCUT2D eigenvalue weighted by atomic mass is 16.3. The standard InChI is InChI=1S/C16H15N3O2/c20-16(18-9-7-14-5-3-11-21-14)15-6-2-10-19(15)13-4-1-8-17-12-13/h1-6,8,10-12H,7,9H2,(H,18,20). The first-order valence-corrected chi connectivity index (χ1v) is 6.73.